The summed E-state index contributed by atoms with van der Waals surface area (Å²) in [6.45, 7) is 1.34. The van der Waals surface area contributed by atoms with Crippen LogP contribution in [-0.4, -0.2) is 209 Å². The number of halogens is 1. The van der Waals surface area contributed by atoms with E-state index < -0.39 is 129 Å². The van der Waals surface area contributed by atoms with E-state index >= 15 is 4.39 Å². The van der Waals surface area contributed by atoms with Crippen LogP contribution in [0, 0.1) is 12.7 Å². The number of carbonyl (C=O) groups is 4. The van der Waals surface area contributed by atoms with Crippen LogP contribution in [0.15, 0.2) is 29.4 Å². The number of methoxy groups -OCH3 is 1. The molecule has 0 radical (unpaired) electrons. The number of hydrogen-bond donors (Lipinski definition) is 11. The molecule has 4 heterocycles. The van der Waals surface area contributed by atoms with Crippen molar-refractivity contribution in [1.82, 2.24) is 25.5 Å². The van der Waals surface area contributed by atoms with Gasteiger partial charge in [-0.15, -0.1) is 0 Å². The quantitative estimate of drug-likeness (QED) is 0.00796. The van der Waals surface area contributed by atoms with Gasteiger partial charge >= 0.3 is 5.97 Å². The highest BCUT2D eigenvalue weighted by atomic mass is 19.1. The van der Waals surface area contributed by atoms with Crippen LogP contribution in [0.4, 0.5) is 4.39 Å². The van der Waals surface area contributed by atoms with Crippen LogP contribution in [0.5, 0.6) is 0 Å². The molecule has 6 rings (SSSR count). The van der Waals surface area contributed by atoms with Gasteiger partial charge in [0.25, 0.3) is 5.56 Å². The Morgan fingerprint density at radius 3 is 2.35 bits per heavy atom. The second kappa shape index (κ2) is 30.8. The number of aliphatic hydroxyl groups is 7. The third-order valence-corrected chi connectivity index (χ3v) is 14.2. The van der Waals surface area contributed by atoms with Crippen molar-refractivity contribution < 1.29 is 112 Å². The topological polar surface area (TPSA) is 393 Å². The second-order valence-corrected chi connectivity index (χ2v) is 19.5. The fraction of sp³-hybridized carbons (Fsp3) is 0.623. The lowest BCUT2D eigenvalue weighted by molar-refractivity contribution is -0.292. The molecule has 1 fully saturated rings. The fourth-order valence-corrected chi connectivity index (χ4v) is 9.76. The van der Waals surface area contributed by atoms with Crippen LogP contribution in [-0.2, 0) is 92.0 Å². The number of aromatic nitrogens is 2. The van der Waals surface area contributed by atoms with E-state index in [0.717, 1.165) is 18.0 Å². The number of aliphatic carboxylic acids is 1. The van der Waals surface area contributed by atoms with Gasteiger partial charge in [-0.1, -0.05) is 13.8 Å². The number of pyridine rings is 2. The van der Waals surface area contributed by atoms with Crippen molar-refractivity contribution >= 4 is 34.5 Å². The maximum atomic E-state index is 15.4. The lowest BCUT2D eigenvalue weighted by atomic mass is 9.81. The molecule has 3 aromatic rings. The van der Waals surface area contributed by atoms with Gasteiger partial charge in [-0.25, -0.2) is 14.2 Å². The van der Waals surface area contributed by atoms with Crippen LogP contribution >= 0.6 is 0 Å². The van der Waals surface area contributed by atoms with Gasteiger partial charge in [-0.2, -0.15) is 4.89 Å². The molecule has 1 saturated heterocycles. The van der Waals surface area contributed by atoms with Crippen molar-refractivity contribution in [2.45, 2.75) is 134 Å². The fourth-order valence-electron chi connectivity index (χ4n) is 9.76. The summed E-state index contributed by atoms with van der Waals surface area (Å²) in [6.07, 6.45) is -6.30. The van der Waals surface area contributed by atoms with Crippen LogP contribution in [0.3, 0.4) is 0 Å². The summed E-state index contributed by atoms with van der Waals surface area (Å²) in [5.41, 5.74) is -0.661. The number of carbonyl (C=O) groups excluding carboxylic acids is 3. The maximum absolute atomic E-state index is 15.4. The van der Waals surface area contributed by atoms with Gasteiger partial charge in [0.1, 0.15) is 62.4 Å². The second-order valence-electron chi connectivity index (χ2n) is 19.5. The number of aryl methyl sites for hydroxylation is 1. The first-order valence-corrected chi connectivity index (χ1v) is 26.6. The van der Waals surface area contributed by atoms with E-state index in [4.69, 9.17) is 52.7 Å². The molecule has 456 valence electrons. The summed E-state index contributed by atoms with van der Waals surface area (Å²) >= 11 is 0. The number of amides is 2. The molecular weight excluding hydrogens is 1090 g/mol. The number of nitrogens with one attached hydrogen (secondary N) is 3. The Balaban J connectivity index is 0.965. The summed E-state index contributed by atoms with van der Waals surface area (Å²) in [4.78, 5) is 78.3. The smallest absolute Gasteiger partial charge is 0.340 e. The molecule has 82 heavy (non-hydrogen) atoms. The van der Waals surface area contributed by atoms with Crippen molar-refractivity contribution in [1.29, 1.82) is 0 Å². The predicted molar refractivity (Wildman–Crippen MR) is 279 cm³/mol. The Labute approximate surface area is 469 Å². The normalized spacial score (nSPS) is 21.6. The molecule has 9 unspecified atom stereocenters. The number of carboxylic acids is 1. The summed E-state index contributed by atoms with van der Waals surface area (Å²) in [6, 6.07) is 0.978. The Hall–Kier alpha value is -5.55. The van der Waals surface area contributed by atoms with E-state index in [1.165, 1.54) is 37.7 Å². The van der Waals surface area contributed by atoms with E-state index in [0.29, 0.717) is 41.3 Å². The minimum Gasteiger partial charge on any atom is -0.479 e. The van der Waals surface area contributed by atoms with Crippen molar-refractivity contribution in [3.63, 3.8) is 0 Å². The first-order chi connectivity index (χ1) is 39.3. The van der Waals surface area contributed by atoms with Crippen molar-refractivity contribution in [3.05, 3.63) is 74.1 Å². The standard InChI is InChI=1S/C53H74FN5O23/c1-6-30(18-60)80-43(26-75-24-41(66)55-10-11-78-79-13-12-76-51-47(57-28(4)64)49(68)48(67)40(21-63)82-51)77-23-31(19-61)81-42(73-5)25-74-22-29(65)16-56-37-9-8-32-27(3)36(54)15-38-44(32)45(37)33-17-59-39(46(33)58-38)14-35(34(20-62)50(59)69)53(72,7-2)52(70)71/h10-11,14-15,30-31,37,40,42-43,47-49,51,56,60-63,67-68,72H,6-9,12-13,16-26H2,1-5H3,(H,55,66)(H,57,64)(H,70,71)/b11-10+/t30?,31?,37-,40?,42?,43?,47?,48?,49?,51?,53-/m0/s1. The summed E-state index contributed by atoms with van der Waals surface area (Å²) < 4.78 is 61.7. The maximum Gasteiger partial charge on any atom is 0.340 e. The Morgan fingerprint density at radius 2 is 1.70 bits per heavy atom. The molecule has 2 aliphatic heterocycles. The summed E-state index contributed by atoms with van der Waals surface area (Å²) in [7, 11) is 1.32. The van der Waals surface area contributed by atoms with Crippen LogP contribution < -0.4 is 21.5 Å². The van der Waals surface area contributed by atoms with E-state index in [1.54, 1.807) is 13.8 Å². The average molecular weight is 1170 g/mol. The van der Waals surface area contributed by atoms with E-state index in [2.05, 4.69) is 16.0 Å². The highest BCUT2D eigenvalue weighted by Crippen LogP contribution is 2.45. The summed E-state index contributed by atoms with van der Waals surface area (Å²) in [5, 5.41) is 90.2. The molecule has 28 nitrogen and oxygen atoms in total. The number of ketones is 1. The molecule has 0 bridgehead atoms. The Kier molecular flexibility index (Phi) is 24.7. The molecule has 0 saturated carbocycles. The van der Waals surface area contributed by atoms with Gasteiger partial charge in [0.15, 0.2) is 30.3 Å². The van der Waals surface area contributed by atoms with E-state index in [1.807, 2.05) is 0 Å². The van der Waals surface area contributed by atoms with E-state index in [-0.39, 0.29) is 93.0 Å². The predicted octanol–water partition coefficient (Wildman–Crippen LogP) is -1.80. The molecule has 2 aromatic heterocycles. The highest BCUT2D eigenvalue weighted by Gasteiger charge is 2.46. The monoisotopic (exact) mass is 1170 g/mol. The van der Waals surface area contributed by atoms with Crippen molar-refractivity contribution in [3.8, 4) is 11.4 Å². The Bertz CT molecular complexity index is 2760. The van der Waals surface area contributed by atoms with Crippen LogP contribution in [0.1, 0.15) is 79.5 Å². The van der Waals surface area contributed by atoms with Gasteiger partial charge in [-0.3, -0.25) is 19.2 Å². The number of rotatable bonds is 35. The highest BCUT2D eigenvalue weighted by molar-refractivity contribution is 5.93. The van der Waals surface area contributed by atoms with Crippen molar-refractivity contribution in [2.24, 2.45) is 0 Å². The van der Waals surface area contributed by atoms with Crippen molar-refractivity contribution in [2.75, 3.05) is 79.7 Å². The lowest BCUT2D eigenvalue weighted by Gasteiger charge is -2.42. The molecule has 1 aliphatic carbocycles. The first kappa shape index (κ1) is 65.6. The number of benzene rings is 1. The number of nitrogens with zero attached hydrogens (tertiary/aromatic N) is 2. The zero-order valence-corrected chi connectivity index (χ0v) is 46.1. The third kappa shape index (κ3) is 15.8. The molecule has 11 atom stereocenters. The lowest BCUT2D eigenvalue weighted by Crippen LogP contribution is -2.64. The Morgan fingerprint density at radius 1 is 0.976 bits per heavy atom. The van der Waals surface area contributed by atoms with Gasteiger partial charge in [0, 0.05) is 54.4 Å². The zero-order valence-electron chi connectivity index (χ0n) is 46.1. The number of fused-ring (bicyclic) bond motifs is 4. The largest absolute Gasteiger partial charge is 0.479 e. The average Bonchev–Trinajstić information content (AvgIpc) is 4.07. The number of Topliss-reactive ketones (excluding diaryl/α,β-unsaturated/α-hetero) is 1. The van der Waals surface area contributed by atoms with Gasteiger partial charge in [-0.05, 0) is 55.4 Å². The number of ether oxygens (including phenoxy) is 8. The molecule has 1 aromatic carbocycles. The van der Waals surface area contributed by atoms with Gasteiger partial charge in [0.2, 0.25) is 11.8 Å². The molecular formula is C53H74FN5O23. The van der Waals surface area contributed by atoms with E-state index in [9.17, 15) is 64.8 Å². The number of aliphatic hydroxyl groups excluding tert-OH is 6. The van der Waals surface area contributed by atoms with Gasteiger partial charge in [0.05, 0.1) is 89.0 Å². The zero-order chi connectivity index (χ0) is 59.8. The minimum atomic E-state index is -2.50. The molecule has 2 amide bonds. The first-order valence-electron chi connectivity index (χ1n) is 26.6. The SMILES string of the molecule is CCC(CO)OC(COCC(=O)N/C=C/OOCCOC1OC(CO)C(O)C(O)C1NC(C)=O)OCC(CO)OC(COCC(=O)CN[C@H]1CCc2c(C)c(F)cc3nc4c(c1c23)Cn1c-4cc([C@@](O)(CC)C(=O)O)c(CO)c1=O)OC. The molecule has 11 N–H and O–H groups in total. The molecule has 29 heteroatoms. The molecule has 0 spiro atoms. The van der Waals surface area contributed by atoms with Crippen LogP contribution in [0.2, 0.25) is 0 Å². The minimum absolute atomic E-state index is 0.0337. The van der Waals surface area contributed by atoms with Gasteiger partial charge < -0.3 is 104 Å². The number of carboxylic acid groups (broad SMARTS) is 1. The number of hydrogen-bond acceptors (Lipinski definition) is 24. The molecule has 3 aliphatic rings. The van der Waals surface area contributed by atoms with Crippen LogP contribution in [0.25, 0.3) is 22.3 Å². The third-order valence-electron chi connectivity index (χ3n) is 14.2. The summed E-state index contributed by atoms with van der Waals surface area (Å²) in [5.74, 6) is -3.62.